The van der Waals surface area contributed by atoms with Crippen molar-refractivity contribution in [2.45, 2.75) is 12.8 Å². The van der Waals surface area contributed by atoms with Crippen molar-refractivity contribution in [1.82, 2.24) is 9.97 Å². The van der Waals surface area contributed by atoms with Gasteiger partial charge < -0.3 is 10.6 Å². The monoisotopic (exact) mass is 346 g/mol. The highest BCUT2D eigenvalue weighted by Crippen LogP contribution is 2.28. The van der Waals surface area contributed by atoms with E-state index >= 15 is 0 Å². The van der Waals surface area contributed by atoms with E-state index in [1.54, 1.807) is 0 Å². The number of nitrogens with two attached hydrogens (primary N) is 1. The molecule has 21 heavy (non-hydrogen) atoms. The highest BCUT2D eigenvalue weighted by atomic mass is 79.9. The molecule has 2 aromatic rings. The van der Waals surface area contributed by atoms with Gasteiger partial charge in [-0.05, 0) is 41.2 Å². The van der Waals surface area contributed by atoms with Crippen molar-refractivity contribution in [3.63, 3.8) is 0 Å². The lowest BCUT2D eigenvalue weighted by molar-refractivity contribution is 0.413. The number of halogens is 1. The molecule has 1 fully saturated rings. The maximum Gasteiger partial charge on any atom is 0.147 e. The first kappa shape index (κ1) is 14.5. The molecular weight excluding hydrogens is 328 g/mol. The summed E-state index contributed by atoms with van der Waals surface area (Å²) in [4.78, 5) is 11.6. The molecule has 0 radical (unpaired) electrons. The van der Waals surface area contributed by atoms with E-state index in [1.165, 1.54) is 0 Å². The fourth-order valence-electron chi connectivity index (χ4n) is 2.69. The molecule has 0 bridgehead atoms. The van der Waals surface area contributed by atoms with Crippen LogP contribution in [-0.2, 0) is 0 Å². The van der Waals surface area contributed by atoms with E-state index in [9.17, 15) is 0 Å². The van der Waals surface area contributed by atoms with E-state index in [4.69, 9.17) is 10.7 Å². The summed E-state index contributed by atoms with van der Waals surface area (Å²) in [7, 11) is 0. The van der Waals surface area contributed by atoms with E-state index in [2.05, 4.69) is 37.9 Å². The molecular formula is C16H19BrN4. The fourth-order valence-corrected chi connectivity index (χ4v) is 3.11. The van der Waals surface area contributed by atoms with Crippen LogP contribution >= 0.6 is 15.9 Å². The molecule has 5 heteroatoms. The lowest BCUT2D eigenvalue weighted by Crippen LogP contribution is -2.36. The van der Waals surface area contributed by atoms with Gasteiger partial charge in [-0.2, -0.15) is 0 Å². The van der Waals surface area contributed by atoms with Crippen molar-refractivity contribution in [3.8, 4) is 11.3 Å². The van der Waals surface area contributed by atoms with Crippen molar-refractivity contribution >= 4 is 21.7 Å². The van der Waals surface area contributed by atoms with E-state index in [1.807, 2.05) is 24.4 Å². The van der Waals surface area contributed by atoms with Crippen LogP contribution in [0.1, 0.15) is 12.8 Å². The van der Waals surface area contributed by atoms with Gasteiger partial charge in [-0.3, -0.25) is 0 Å². The van der Waals surface area contributed by atoms with Gasteiger partial charge in [0.15, 0.2) is 0 Å². The minimum atomic E-state index is 0.651. The Balaban J connectivity index is 1.85. The molecule has 2 heterocycles. The third kappa shape index (κ3) is 3.24. The number of hydrogen-bond donors (Lipinski definition) is 1. The molecule has 0 unspecified atom stereocenters. The molecule has 2 N–H and O–H groups in total. The molecule has 0 saturated carbocycles. The molecule has 1 aliphatic rings. The summed E-state index contributed by atoms with van der Waals surface area (Å²) in [6.45, 7) is 2.80. The highest BCUT2D eigenvalue weighted by molar-refractivity contribution is 9.10. The first-order valence-corrected chi connectivity index (χ1v) is 8.10. The predicted molar refractivity (Wildman–Crippen MR) is 89.2 cm³/mol. The van der Waals surface area contributed by atoms with Gasteiger partial charge in [0.05, 0.1) is 6.20 Å². The molecule has 3 rings (SSSR count). The molecule has 0 atom stereocenters. The smallest absolute Gasteiger partial charge is 0.147 e. The zero-order valence-corrected chi connectivity index (χ0v) is 13.5. The SMILES string of the molecule is NCC1CCN(c2cnc(Br)c(-c3ccccc3)n2)CC1. The summed E-state index contributed by atoms with van der Waals surface area (Å²) >= 11 is 3.50. The molecule has 110 valence electrons. The first-order chi connectivity index (χ1) is 10.3. The van der Waals surface area contributed by atoms with Gasteiger partial charge in [0.25, 0.3) is 0 Å². The molecule has 1 aromatic heterocycles. The summed E-state index contributed by atoms with van der Waals surface area (Å²) in [5, 5.41) is 0. The van der Waals surface area contributed by atoms with Crippen LogP contribution in [0.4, 0.5) is 5.82 Å². The fraction of sp³-hybridized carbons (Fsp3) is 0.375. The summed E-state index contributed by atoms with van der Waals surface area (Å²) in [5.74, 6) is 1.60. The lowest BCUT2D eigenvalue weighted by Gasteiger charge is -2.32. The minimum absolute atomic E-state index is 0.651. The van der Waals surface area contributed by atoms with Gasteiger partial charge in [0.1, 0.15) is 16.1 Å². The Morgan fingerprint density at radius 3 is 2.57 bits per heavy atom. The molecule has 0 amide bonds. The van der Waals surface area contributed by atoms with E-state index in [0.29, 0.717) is 5.92 Å². The number of rotatable bonds is 3. The number of aromatic nitrogens is 2. The van der Waals surface area contributed by atoms with Crippen LogP contribution in [-0.4, -0.2) is 29.6 Å². The second-order valence-electron chi connectivity index (χ2n) is 5.40. The zero-order valence-electron chi connectivity index (χ0n) is 11.9. The Hall–Kier alpha value is -1.46. The van der Waals surface area contributed by atoms with Crippen LogP contribution in [0.3, 0.4) is 0 Å². The lowest BCUT2D eigenvalue weighted by atomic mass is 9.97. The molecule has 1 aliphatic heterocycles. The summed E-state index contributed by atoms with van der Waals surface area (Å²) < 4.78 is 0.786. The summed E-state index contributed by atoms with van der Waals surface area (Å²) in [5.41, 5.74) is 7.73. The quantitative estimate of drug-likeness (QED) is 0.927. The van der Waals surface area contributed by atoms with E-state index in [-0.39, 0.29) is 0 Å². The van der Waals surface area contributed by atoms with Gasteiger partial charge >= 0.3 is 0 Å². The highest BCUT2D eigenvalue weighted by Gasteiger charge is 2.20. The number of piperidine rings is 1. The van der Waals surface area contributed by atoms with E-state index < -0.39 is 0 Å². The average Bonchev–Trinajstić information content (AvgIpc) is 2.56. The van der Waals surface area contributed by atoms with E-state index in [0.717, 1.165) is 54.2 Å². The Bertz CT molecular complexity index is 594. The summed E-state index contributed by atoms with van der Waals surface area (Å²) in [6, 6.07) is 10.1. The van der Waals surface area contributed by atoms with Gasteiger partial charge in [-0.25, -0.2) is 9.97 Å². The Kier molecular flexibility index (Phi) is 4.51. The first-order valence-electron chi connectivity index (χ1n) is 7.31. The van der Waals surface area contributed by atoms with Crippen molar-refractivity contribution < 1.29 is 0 Å². The van der Waals surface area contributed by atoms with Crippen LogP contribution in [0.5, 0.6) is 0 Å². The van der Waals surface area contributed by atoms with Gasteiger partial charge in [-0.1, -0.05) is 30.3 Å². The second-order valence-corrected chi connectivity index (χ2v) is 6.15. The number of benzene rings is 1. The standard InChI is InChI=1S/C16H19BrN4/c17-16-15(13-4-2-1-3-5-13)20-14(11-19-16)21-8-6-12(10-18)7-9-21/h1-5,11-12H,6-10,18H2. The average molecular weight is 347 g/mol. The number of nitrogens with zero attached hydrogens (tertiary/aromatic N) is 3. The normalized spacial score (nSPS) is 16.2. The Morgan fingerprint density at radius 2 is 1.90 bits per heavy atom. The second kappa shape index (κ2) is 6.54. The maximum atomic E-state index is 5.75. The van der Waals surface area contributed by atoms with Crippen LogP contribution < -0.4 is 10.6 Å². The molecule has 0 spiro atoms. The van der Waals surface area contributed by atoms with Crippen molar-refractivity contribution in [1.29, 1.82) is 0 Å². The Labute approximate surface area is 133 Å². The number of hydrogen-bond acceptors (Lipinski definition) is 4. The largest absolute Gasteiger partial charge is 0.355 e. The third-order valence-electron chi connectivity index (χ3n) is 4.03. The minimum Gasteiger partial charge on any atom is -0.355 e. The molecule has 0 aliphatic carbocycles. The van der Waals surface area contributed by atoms with Gasteiger partial charge in [0.2, 0.25) is 0 Å². The topological polar surface area (TPSA) is 55.0 Å². The number of anilines is 1. The van der Waals surface area contributed by atoms with Crippen LogP contribution in [0.2, 0.25) is 0 Å². The Morgan fingerprint density at radius 1 is 1.19 bits per heavy atom. The van der Waals surface area contributed by atoms with Crippen LogP contribution in [0.25, 0.3) is 11.3 Å². The van der Waals surface area contributed by atoms with Crippen molar-refractivity contribution in [2.24, 2.45) is 11.7 Å². The van der Waals surface area contributed by atoms with Gasteiger partial charge in [0, 0.05) is 18.7 Å². The molecule has 1 saturated heterocycles. The maximum absolute atomic E-state index is 5.75. The third-order valence-corrected chi connectivity index (χ3v) is 4.61. The molecule has 4 nitrogen and oxygen atoms in total. The van der Waals surface area contributed by atoms with Gasteiger partial charge in [-0.15, -0.1) is 0 Å². The van der Waals surface area contributed by atoms with Crippen LogP contribution in [0, 0.1) is 5.92 Å². The zero-order chi connectivity index (χ0) is 14.7. The van der Waals surface area contributed by atoms with Crippen molar-refractivity contribution in [3.05, 3.63) is 41.1 Å². The van der Waals surface area contributed by atoms with Crippen LogP contribution in [0.15, 0.2) is 41.1 Å². The molecule has 1 aromatic carbocycles. The summed E-state index contributed by atoms with van der Waals surface area (Å²) in [6.07, 6.45) is 4.11. The predicted octanol–water partition coefficient (Wildman–Crippen LogP) is 3.08. The van der Waals surface area contributed by atoms with Crippen molar-refractivity contribution in [2.75, 3.05) is 24.5 Å².